The molecule has 0 aliphatic carbocycles. The monoisotopic (exact) mass is 445 g/mol. The van der Waals surface area contributed by atoms with Crippen molar-refractivity contribution < 1.29 is 39.3 Å². The van der Waals surface area contributed by atoms with Gasteiger partial charge in [0.15, 0.2) is 6.04 Å². The summed E-state index contributed by atoms with van der Waals surface area (Å²) in [7, 11) is 0. The Bertz CT molecular complexity index is 698. The molecule has 13 heteroatoms. The Kier molecular flexibility index (Phi) is 9.81. The number of primary amides is 1. The van der Waals surface area contributed by atoms with E-state index in [9.17, 15) is 34.2 Å². The number of carboxylic acids is 1. The van der Waals surface area contributed by atoms with Crippen LogP contribution in [-0.4, -0.2) is 92.7 Å². The molecule has 1 rings (SSSR count). The number of carbonyl (C=O) groups is 5. The number of hydrogen-bond acceptors (Lipinski definition) is 8. The third-order valence-corrected chi connectivity index (χ3v) is 4.97. The molecule has 4 amide bonds. The molecule has 0 radical (unpaired) electrons. The first-order valence-electron chi connectivity index (χ1n) is 9.90. The van der Waals surface area contributed by atoms with Gasteiger partial charge in [0.2, 0.25) is 23.6 Å². The number of carbonyl (C=O) groups excluding carboxylic acids is 4. The largest absolute Gasteiger partial charge is 0.480 e. The Labute approximate surface area is 179 Å². The Morgan fingerprint density at radius 2 is 1.65 bits per heavy atom. The fourth-order valence-corrected chi connectivity index (χ4v) is 3.20. The summed E-state index contributed by atoms with van der Waals surface area (Å²) in [6.07, 6.45) is -2.19. The van der Waals surface area contributed by atoms with E-state index in [1.807, 2.05) is 0 Å². The molecule has 1 heterocycles. The number of aliphatic hydroxyl groups is 2. The molecule has 31 heavy (non-hydrogen) atoms. The lowest BCUT2D eigenvalue weighted by molar-refractivity contribution is -0.147. The van der Waals surface area contributed by atoms with Crippen LogP contribution in [0.1, 0.15) is 39.5 Å². The molecule has 0 aromatic rings. The van der Waals surface area contributed by atoms with Gasteiger partial charge in [-0.3, -0.25) is 19.2 Å². The first-order chi connectivity index (χ1) is 14.4. The van der Waals surface area contributed by atoms with Crippen molar-refractivity contribution in [2.45, 2.75) is 75.9 Å². The maximum absolute atomic E-state index is 13.0. The van der Waals surface area contributed by atoms with Crippen molar-refractivity contribution in [1.29, 1.82) is 0 Å². The van der Waals surface area contributed by atoms with Crippen LogP contribution >= 0.6 is 0 Å². The number of nitrogens with two attached hydrogens (primary N) is 2. The third-order valence-electron chi connectivity index (χ3n) is 4.97. The molecule has 6 atom stereocenters. The SMILES string of the molecule is CC(O)C(NC(=O)C1CCCN1C(=O)C(NC(=O)C(N)CCC(N)=O)C(C)O)C(=O)O. The molecular weight excluding hydrogens is 414 g/mol. The molecular formula is C18H31N5O8. The quantitative estimate of drug-likeness (QED) is 0.166. The molecule has 0 aromatic heterocycles. The molecule has 0 bridgehead atoms. The van der Waals surface area contributed by atoms with Crippen molar-refractivity contribution in [3.63, 3.8) is 0 Å². The van der Waals surface area contributed by atoms with Crippen molar-refractivity contribution >= 4 is 29.6 Å². The molecule has 176 valence electrons. The topological polar surface area (TPSA) is 225 Å². The highest BCUT2D eigenvalue weighted by molar-refractivity contribution is 5.95. The van der Waals surface area contributed by atoms with E-state index in [2.05, 4.69) is 10.6 Å². The van der Waals surface area contributed by atoms with Gasteiger partial charge in [0.05, 0.1) is 18.2 Å². The van der Waals surface area contributed by atoms with Gasteiger partial charge in [-0.15, -0.1) is 0 Å². The number of carboxylic acid groups (broad SMARTS) is 1. The minimum atomic E-state index is -1.56. The van der Waals surface area contributed by atoms with Crippen LogP contribution in [0.2, 0.25) is 0 Å². The van der Waals surface area contributed by atoms with E-state index in [-0.39, 0.29) is 25.8 Å². The lowest BCUT2D eigenvalue weighted by atomic mass is 10.1. The summed E-state index contributed by atoms with van der Waals surface area (Å²) in [6.45, 7) is 2.63. The lowest BCUT2D eigenvalue weighted by Crippen LogP contribution is -2.60. The van der Waals surface area contributed by atoms with Gasteiger partial charge in [-0.1, -0.05) is 0 Å². The number of nitrogens with zero attached hydrogens (tertiary/aromatic N) is 1. The Morgan fingerprint density at radius 1 is 1.06 bits per heavy atom. The summed E-state index contributed by atoms with van der Waals surface area (Å²) in [5.74, 6) is -4.37. The standard InChI is InChI=1S/C18H31N5O8/c1-8(24)13(21-15(27)10(19)5-6-12(20)26)17(29)23-7-3-4-11(23)16(28)22-14(9(2)25)18(30)31/h8-11,13-14,24-25H,3-7,19H2,1-2H3,(H2,20,26)(H,21,27)(H,22,28)(H,30,31). The maximum Gasteiger partial charge on any atom is 0.328 e. The molecule has 13 nitrogen and oxygen atoms in total. The molecule has 1 saturated heterocycles. The number of aliphatic hydroxyl groups excluding tert-OH is 2. The first-order valence-corrected chi connectivity index (χ1v) is 9.90. The lowest BCUT2D eigenvalue weighted by Gasteiger charge is -2.31. The molecule has 1 aliphatic heterocycles. The van der Waals surface area contributed by atoms with Crippen molar-refractivity contribution in [3.8, 4) is 0 Å². The van der Waals surface area contributed by atoms with Crippen LogP contribution in [0.5, 0.6) is 0 Å². The van der Waals surface area contributed by atoms with Gasteiger partial charge in [0.1, 0.15) is 12.1 Å². The second-order valence-corrected chi connectivity index (χ2v) is 7.59. The highest BCUT2D eigenvalue weighted by Crippen LogP contribution is 2.20. The fourth-order valence-electron chi connectivity index (χ4n) is 3.20. The molecule has 6 unspecified atom stereocenters. The van der Waals surface area contributed by atoms with E-state index in [0.29, 0.717) is 6.42 Å². The zero-order valence-electron chi connectivity index (χ0n) is 17.5. The van der Waals surface area contributed by atoms with Gasteiger partial charge in [0.25, 0.3) is 0 Å². The minimum absolute atomic E-state index is 0.0491. The predicted octanol–water partition coefficient (Wildman–Crippen LogP) is -3.61. The van der Waals surface area contributed by atoms with E-state index in [0.717, 1.165) is 4.90 Å². The Balaban J connectivity index is 2.89. The van der Waals surface area contributed by atoms with Crippen LogP contribution in [0.3, 0.4) is 0 Å². The Morgan fingerprint density at radius 3 is 2.13 bits per heavy atom. The number of nitrogens with one attached hydrogen (secondary N) is 2. The van der Waals surface area contributed by atoms with Gasteiger partial charge < -0.3 is 42.3 Å². The molecule has 0 saturated carbocycles. The number of amides is 4. The average Bonchev–Trinajstić information content (AvgIpc) is 3.16. The van der Waals surface area contributed by atoms with E-state index in [1.165, 1.54) is 13.8 Å². The summed E-state index contributed by atoms with van der Waals surface area (Å²) in [5, 5.41) is 33.2. The van der Waals surface area contributed by atoms with Gasteiger partial charge in [-0.2, -0.15) is 0 Å². The third kappa shape index (κ3) is 7.45. The molecule has 0 spiro atoms. The van der Waals surface area contributed by atoms with Crippen LogP contribution in [0, 0.1) is 0 Å². The van der Waals surface area contributed by atoms with E-state index in [4.69, 9.17) is 16.6 Å². The molecule has 1 aliphatic rings. The van der Waals surface area contributed by atoms with Crippen LogP contribution in [0.15, 0.2) is 0 Å². The minimum Gasteiger partial charge on any atom is -0.480 e. The zero-order valence-corrected chi connectivity index (χ0v) is 17.5. The van der Waals surface area contributed by atoms with Gasteiger partial charge in [-0.05, 0) is 33.1 Å². The number of aliphatic carboxylic acids is 1. The second-order valence-electron chi connectivity index (χ2n) is 7.59. The fraction of sp³-hybridized carbons (Fsp3) is 0.722. The maximum atomic E-state index is 13.0. The molecule has 0 aromatic carbocycles. The van der Waals surface area contributed by atoms with Crippen LogP contribution in [0.25, 0.3) is 0 Å². The summed E-state index contributed by atoms with van der Waals surface area (Å²) in [4.78, 5) is 61.0. The zero-order chi connectivity index (χ0) is 23.9. The van der Waals surface area contributed by atoms with E-state index in [1.54, 1.807) is 0 Å². The van der Waals surface area contributed by atoms with Crippen molar-refractivity contribution in [2.75, 3.05) is 6.54 Å². The van der Waals surface area contributed by atoms with E-state index < -0.39 is 66.0 Å². The first kappa shape index (κ1) is 26.3. The smallest absolute Gasteiger partial charge is 0.328 e. The van der Waals surface area contributed by atoms with Gasteiger partial charge in [0, 0.05) is 13.0 Å². The highest BCUT2D eigenvalue weighted by Gasteiger charge is 2.40. The van der Waals surface area contributed by atoms with E-state index >= 15 is 0 Å². The van der Waals surface area contributed by atoms with Gasteiger partial charge in [-0.25, -0.2) is 4.79 Å². The normalized spacial score (nSPS) is 20.8. The number of rotatable bonds is 11. The number of likely N-dealkylation sites (tertiary alicyclic amines) is 1. The average molecular weight is 445 g/mol. The molecule has 1 fully saturated rings. The molecule has 9 N–H and O–H groups in total. The predicted molar refractivity (Wildman–Crippen MR) is 106 cm³/mol. The van der Waals surface area contributed by atoms with Gasteiger partial charge >= 0.3 is 5.97 Å². The summed E-state index contributed by atoms with van der Waals surface area (Å²) >= 11 is 0. The summed E-state index contributed by atoms with van der Waals surface area (Å²) < 4.78 is 0. The van der Waals surface area contributed by atoms with Crippen LogP contribution < -0.4 is 22.1 Å². The van der Waals surface area contributed by atoms with Crippen molar-refractivity contribution in [1.82, 2.24) is 15.5 Å². The second kappa shape index (κ2) is 11.6. The summed E-state index contributed by atoms with van der Waals surface area (Å²) in [5.41, 5.74) is 10.7. The number of hydrogen-bond donors (Lipinski definition) is 7. The Hall–Kier alpha value is -2.77. The van der Waals surface area contributed by atoms with Crippen molar-refractivity contribution in [3.05, 3.63) is 0 Å². The van der Waals surface area contributed by atoms with Crippen LogP contribution in [-0.2, 0) is 24.0 Å². The highest BCUT2D eigenvalue weighted by atomic mass is 16.4. The van der Waals surface area contributed by atoms with Crippen molar-refractivity contribution in [2.24, 2.45) is 11.5 Å². The summed E-state index contributed by atoms with van der Waals surface area (Å²) in [6, 6.07) is -5.13. The van der Waals surface area contributed by atoms with Crippen LogP contribution in [0.4, 0.5) is 0 Å².